The van der Waals surface area contributed by atoms with Gasteiger partial charge in [0.1, 0.15) is 5.75 Å². The largest absolute Gasteiger partial charge is 0.494 e. The van der Waals surface area contributed by atoms with Crippen LogP contribution in [-0.4, -0.2) is 55.8 Å². The molecule has 1 amide bonds. The third-order valence-electron chi connectivity index (χ3n) is 5.97. The minimum Gasteiger partial charge on any atom is -0.494 e. The number of ether oxygens (including phenoxy) is 2. The Morgan fingerprint density at radius 2 is 1.93 bits per heavy atom. The SMILES string of the molecule is CCOc1ccccc1CCC(=O)NCC1(N2CCOCC2)CCCCC1. The number of nitrogens with one attached hydrogen (secondary N) is 1. The van der Waals surface area contributed by atoms with Gasteiger partial charge in [-0.2, -0.15) is 0 Å². The number of para-hydroxylation sites is 1. The first-order valence-corrected chi connectivity index (χ1v) is 10.5. The van der Waals surface area contributed by atoms with E-state index in [9.17, 15) is 4.79 Å². The molecule has 27 heavy (non-hydrogen) atoms. The zero-order chi connectivity index (χ0) is 19.0. The Kier molecular flexibility index (Phi) is 7.53. The first-order valence-electron chi connectivity index (χ1n) is 10.5. The smallest absolute Gasteiger partial charge is 0.220 e. The highest BCUT2D eigenvalue weighted by Crippen LogP contribution is 2.34. The number of aryl methyl sites for hydroxylation is 1. The van der Waals surface area contributed by atoms with E-state index in [2.05, 4.69) is 16.3 Å². The van der Waals surface area contributed by atoms with Crippen molar-refractivity contribution in [1.82, 2.24) is 10.2 Å². The zero-order valence-electron chi connectivity index (χ0n) is 16.7. The molecule has 0 unspecified atom stereocenters. The van der Waals surface area contributed by atoms with Crippen LogP contribution in [0.25, 0.3) is 0 Å². The minimum atomic E-state index is 0.126. The van der Waals surface area contributed by atoms with Crippen LogP contribution < -0.4 is 10.1 Å². The third-order valence-corrected chi connectivity index (χ3v) is 5.97. The van der Waals surface area contributed by atoms with Crippen LogP contribution >= 0.6 is 0 Å². The van der Waals surface area contributed by atoms with Gasteiger partial charge in [-0.05, 0) is 37.8 Å². The molecule has 2 aliphatic rings. The van der Waals surface area contributed by atoms with Gasteiger partial charge in [0.2, 0.25) is 5.91 Å². The van der Waals surface area contributed by atoms with Gasteiger partial charge in [0.25, 0.3) is 0 Å². The lowest BCUT2D eigenvalue weighted by atomic mass is 9.79. The molecule has 1 saturated heterocycles. The van der Waals surface area contributed by atoms with Crippen LogP contribution in [0.2, 0.25) is 0 Å². The third kappa shape index (κ3) is 5.45. The standard InChI is InChI=1S/C22H34N2O3/c1-2-27-20-9-5-4-8-19(20)10-11-21(25)23-18-22(12-6-3-7-13-22)24-14-16-26-17-15-24/h4-5,8-9H,2-3,6-7,10-18H2,1H3,(H,23,25). The van der Waals surface area contributed by atoms with Gasteiger partial charge in [-0.1, -0.05) is 37.5 Å². The van der Waals surface area contributed by atoms with E-state index in [0.29, 0.717) is 19.4 Å². The monoisotopic (exact) mass is 374 g/mol. The molecule has 1 saturated carbocycles. The number of rotatable bonds is 8. The Labute approximate surface area is 163 Å². The summed E-state index contributed by atoms with van der Waals surface area (Å²) in [6, 6.07) is 8.01. The summed E-state index contributed by atoms with van der Waals surface area (Å²) >= 11 is 0. The summed E-state index contributed by atoms with van der Waals surface area (Å²) in [6.45, 7) is 6.98. The van der Waals surface area contributed by atoms with E-state index in [1.165, 1.54) is 32.1 Å². The number of benzene rings is 1. The summed E-state index contributed by atoms with van der Waals surface area (Å²) in [5.74, 6) is 1.03. The van der Waals surface area contributed by atoms with Gasteiger partial charge >= 0.3 is 0 Å². The van der Waals surface area contributed by atoms with Crippen LogP contribution in [-0.2, 0) is 16.0 Å². The van der Waals surface area contributed by atoms with Crippen molar-refractivity contribution in [3.8, 4) is 5.75 Å². The molecule has 3 rings (SSSR count). The second-order valence-electron chi connectivity index (χ2n) is 7.70. The molecule has 1 aromatic carbocycles. The maximum Gasteiger partial charge on any atom is 0.220 e. The highest BCUT2D eigenvalue weighted by Gasteiger charge is 2.38. The van der Waals surface area contributed by atoms with Crippen LogP contribution in [0.4, 0.5) is 0 Å². The number of amides is 1. The van der Waals surface area contributed by atoms with Crippen molar-refractivity contribution in [2.24, 2.45) is 0 Å². The zero-order valence-corrected chi connectivity index (χ0v) is 16.7. The number of nitrogens with zero attached hydrogens (tertiary/aromatic N) is 1. The Bertz CT molecular complexity index is 593. The van der Waals surface area contributed by atoms with Gasteiger partial charge in [0, 0.05) is 31.6 Å². The van der Waals surface area contributed by atoms with Crippen molar-refractivity contribution in [2.45, 2.75) is 57.4 Å². The summed E-state index contributed by atoms with van der Waals surface area (Å²) < 4.78 is 11.2. The van der Waals surface area contributed by atoms with E-state index in [-0.39, 0.29) is 11.4 Å². The lowest BCUT2D eigenvalue weighted by Crippen LogP contribution is -2.59. The topological polar surface area (TPSA) is 50.8 Å². The van der Waals surface area contributed by atoms with Crippen molar-refractivity contribution in [1.29, 1.82) is 0 Å². The molecule has 1 N–H and O–H groups in total. The van der Waals surface area contributed by atoms with Gasteiger partial charge < -0.3 is 14.8 Å². The van der Waals surface area contributed by atoms with Gasteiger partial charge in [-0.25, -0.2) is 0 Å². The average Bonchev–Trinajstić information content (AvgIpc) is 2.73. The van der Waals surface area contributed by atoms with Gasteiger partial charge in [0.05, 0.1) is 19.8 Å². The molecule has 5 heteroatoms. The van der Waals surface area contributed by atoms with E-state index in [1.54, 1.807) is 0 Å². The fraction of sp³-hybridized carbons (Fsp3) is 0.682. The summed E-state index contributed by atoms with van der Waals surface area (Å²) in [6.07, 6.45) is 7.41. The van der Waals surface area contributed by atoms with Crippen LogP contribution in [0.3, 0.4) is 0 Å². The van der Waals surface area contributed by atoms with Crippen LogP contribution in [0.5, 0.6) is 5.75 Å². The highest BCUT2D eigenvalue weighted by molar-refractivity contribution is 5.76. The second kappa shape index (κ2) is 10.1. The summed E-state index contributed by atoms with van der Waals surface area (Å²) in [7, 11) is 0. The van der Waals surface area contributed by atoms with E-state index in [4.69, 9.17) is 9.47 Å². The maximum atomic E-state index is 12.6. The molecular weight excluding hydrogens is 340 g/mol. The fourth-order valence-electron chi connectivity index (χ4n) is 4.46. The number of morpholine rings is 1. The second-order valence-corrected chi connectivity index (χ2v) is 7.70. The van der Waals surface area contributed by atoms with Crippen molar-refractivity contribution in [3.63, 3.8) is 0 Å². The van der Waals surface area contributed by atoms with E-state index < -0.39 is 0 Å². The molecule has 0 atom stereocenters. The van der Waals surface area contributed by atoms with Crippen LogP contribution in [0.1, 0.15) is 51.0 Å². The lowest BCUT2D eigenvalue weighted by Gasteiger charge is -2.48. The maximum absolute atomic E-state index is 12.6. The molecule has 1 heterocycles. The summed E-state index contributed by atoms with van der Waals surface area (Å²) in [5.41, 5.74) is 1.23. The number of hydrogen-bond acceptors (Lipinski definition) is 4. The summed E-state index contributed by atoms with van der Waals surface area (Å²) in [4.78, 5) is 15.1. The molecule has 5 nitrogen and oxygen atoms in total. The normalized spacial score (nSPS) is 20.2. The predicted octanol–water partition coefficient (Wildman–Crippen LogP) is 3.17. The number of carbonyl (C=O) groups is 1. The first kappa shape index (κ1) is 20.2. The Morgan fingerprint density at radius 1 is 1.19 bits per heavy atom. The molecule has 0 aromatic heterocycles. The molecule has 0 bridgehead atoms. The van der Waals surface area contributed by atoms with Crippen LogP contribution in [0.15, 0.2) is 24.3 Å². The number of hydrogen-bond donors (Lipinski definition) is 1. The molecule has 1 aromatic rings. The quantitative estimate of drug-likeness (QED) is 0.759. The van der Waals surface area contributed by atoms with E-state index in [1.807, 2.05) is 25.1 Å². The Morgan fingerprint density at radius 3 is 2.67 bits per heavy atom. The molecule has 1 aliphatic carbocycles. The number of carbonyl (C=O) groups excluding carboxylic acids is 1. The molecule has 0 spiro atoms. The van der Waals surface area contributed by atoms with Crippen molar-refractivity contribution < 1.29 is 14.3 Å². The molecule has 0 radical (unpaired) electrons. The Hall–Kier alpha value is -1.59. The average molecular weight is 375 g/mol. The van der Waals surface area contributed by atoms with E-state index >= 15 is 0 Å². The van der Waals surface area contributed by atoms with Crippen molar-refractivity contribution in [2.75, 3.05) is 39.5 Å². The lowest BCUT2D eigenvalue weighted by molar-refractivity contribution is -0.122. The molecule has 1 aliphatic heterocycles. The van der Waals surface area contributed by atoms with Gasteiger partial charge in [-0.3, -0.25) is 9.69 Å². The highest BCUT2D eigenvalue weighted by atomic mass is 16.5. The fourth-order valence-corrected chi connectivity index (χ4v) is 4.46. The molecule has 2 fully saturated rings. The predicted molar refractivity (Wildman–Crippen MR) is 107 cm³/mol. The molecule has 150 valence electrons. The first-order chi connectivity index (χ1) is 13.2. The molecular formula is C22H34N2O3. The van der Waals surface area contributed by atoms with Gasteiger partial charge in [-0.15, -0.1) is 0 Å². The van der Waals surface area contributed by atoms with Crippen molar-refractivity contribution in [3.05, 3.63) is 29.8 Å². The minimum absolute atomic E-state index is 0.126. The van der Waals surface area contributed by atoms with E-state index in [0.717, 1.165) is 44.2 Å². The van der Waals surface area contributed by atoms with Crippen LogP contribution in [0, 0.1) is 0 Å². The Balaban J connectivity index is 1.53. The summed E-state index contributed by atoms with van der Waals surface area (Å²) in [5, 5.41) is 3.25. The van der Waals surface area contributed by atoms with Crippen molar-refractivity contribution >= 4 is 5.91 Å². The van der Waals surface area contributed by atoms with Gasteiger partial charge in [0.15, 0.2) is 0 Å².